The molecule has 0 heterocycles. The third-order valence-electron chi connectivity index (χ3n) is 9.60. The van der Waals surface area contributed by atoms with Crippen LogP contribution in [0.25, 0.3) is 0 Å². The Morgan fingerprint density at radius 2 is 0.964 bits per heavy atom. The third kappa shape index (κ3) is 37.7. The minimum Gasteiger partial charge on any atom is -0.462 e. The molecular formula is C50H83NO5. The van der Waals surface area contributed by atoms with E-state index in [-0.39, 0.29) is 24.9 Å². The molecule has 0 bridgehead atoms. The van der Waals surface area contributed by atoms with Gasteiger partial charge in [-0.2, -0.15) is 0 Å². The number of esters is 1. The van der Waals surface area contributed by atoms with Crippen LogP contribution in [0.1, 0.15) is 181 Å². The minimum absolute atomic E-state index is 0.0353. The Bertz CT molecular complexity index is 1140. The molecule has 0 saturated carbocycles. The van der Waals surface area contributed by atoms with Crippen LogP contribution in [-0.4, -0.2) is 46.9 Å². The van der Waals surface area contributed by atoms with Crippen molar-refractivity contribution in [1.29, 1.82) is 0 Å². The lowest BCUT2D eigenvalue weighted by molar-refractivity contribution is -0.151. The van der Waals surface area contributed by atoms with Crippen molar-refractivity contribution in [3.05, 3.63) is 97.2 Å². The number of hydrogen-bond acceptors (Lipinski definition) is 5. The van der Waals surface area contributed by atoms with Crippen LogP contribution >= 0.6 is 0 Å². The summed E-state index contributed by atoms with van der Waals surface area (Å²) in [6.07, 6.45) is 56.1. The molecule has 0 aliphatic rings. The van der Waals surface area contributed by atoms with E-state index >= 15 is 0 Å². The molecule has 3 atom stereocenters. The highest BCUT2D eigenvalue weighted by atomic mass is 16.5. The van der Waals surface area contributed by atoms with Crippen LogP contribution in [0.2, 0.25) is 0 Å². The lowest BCUT2D eigenvalue weighted by atomic mass is 10.0. The van der Waals surface area contributed by atoms with Crippen LogP contribution in [0.5, 0.6) is 0 Å². The molecule has 3 unspecified atom stereocenters. The Hall–Kier alpha value is -3.22. The third-order valence-corrected chi connectivity index (χ3v) is 9.60. The molecule has 0 fully saturated rings. The maximum atomic E-state index is 13.1. The normalized spacial score (nSPS) is 14.3. The van der Waals surface area contributed by atoms with Crippen molar-refractivity contribution >= 4 is 11.9 Å². The number of carbonyl (C=O) groups excluding carboxylic acids is 2. The maximum Gasteiger partial charge on any atom is 0.306 e. The SMILES string of the molecule is CC/C=C/C=C/C=C/C=C\CCCCCCCC(=O)OC(CCCCC\C=C/C=C/C=C/C=C/CC)CC(=O)NC(CO)C(O)CCCCCCCCCCC. The van der Waals surface area contributed by atoms with Gasteiger partial charge in [0.1, 0.15) is 6.10 Å². The van der Waals surface area contributed by atoms with Crippen LogP contribution < -0.4 is 5.32 Å². The van der Waals surface area contributed by atoms with Gasteiger partial charge < -0.3 is 20.3 Å². The molecule has 0 saturated heterocycles. The number of hydrogen-bond donors (Lipinski definition) is 3. The first-order valence-corrected chi connectivity index (χ1v) is 22.6. The van der Waals surface area contributed by atoms with Gasteiger partial charge in [0.25, 0.3) is 0 Å². The average Bonchev–Trinajstić information content (AvgIpc) is 3.19. The number of carbonyl (C=O) groups is 2. The molecule has 0 radical (unpaired) electrons. The van der Waals surface area contributed by atoms with Crippen molar-refractivity contribution in [2.75, 3.05) is 6.61 Å². The summed E-state index contributed by atoms with van der Waals surface area (Å²) >= 11 is 0. The van der Waals surface area contributed by atoms with Gasteiger partial charge in [-0.1, -0.05) is 201 Å². The second-order valence-electron chi connectivity index (χ2n) is 14.9. The predicted octanol–water partition coefficient (Wildman–Crippen LogP) is 13.0. The van der Waals surface area contributed by atoms with E-state index in [1.807, 2.05) is 48.6 Å². The molecule has 6 nitrogen and oxygen atoms in total. The standard InChI is InChI=1S/C50H83NO5/c1-4-7-10-13-16-19-21-23-24-26-28-31-34-37-40-43-50(55)56-46(41-38-35-32-30-27-25-22-20-17-14-11-8-5-2)44-49(54)51-47(45-52)48(53)42-39-36-33-29-18-15-12-9-6-3/h7-8,10-11,13-14,16-17,19-25,27,46-48,52-53H,4-6,9,12,15,18,26,28-45H2,1-3H3,(H,51,54)/b10-7+,11-8+,16-13+,17-14+,21-19+,22-20+,24-23-,27-25-. The van der Waals surface area contributed by atoms with Gasteiger partial charge in [-0.25, -0.2) is 0 Å². The number of rotatable bonds is 38. The van der Waals surface area contributed by atoms with Crippen LogP contribution in [0.4, 0.5) is 0 Å². The van der Waals surface area contributed by atoms with Crippen LogP contribution in [0, 0.1) is 0 Å². The van der Waals surface area contributed by atoms with E-state index in [1.54, 1.807) is 0 Å². The second-order valence-corrected chi connectivity index (χ2v) is 14.9. The zero-order valence-corrected chi connectivity index (χ0v) is 36.0. The molecule has 0 aliphatic carbocycles. The smallest absolute Gasteiger partial charge is 0.306 e. The summed E-state index contributed by atoms with van der Waals surface area (Å²) in [6.45, 7) is 6.14. The molecule has 0 aliphatic heterocycles. The summed E-state index contributed by atoms with van der Waals surface area (Å²) in [5, 5.41) is 23.6. The number of nitrogens with one attached hydrogen (secondary N) is 1. The van der Waals surface area contributed by atoms with E-state index < -0.39 is 18.2 Å². The van der Waals surface area contributed by atoms with Gasteiger partial charge in [-0.3, -0.25) is 9.59 Å². The van der Waals surface area contributed by atoms with Crippen molar-refractivity contribution in [3.63, 3.8) is 0 Å². The molecule has 0 aromatic heterocycles. The average molecular weight is 778 g/mol. The summed E-state index contributed by atoms with van der Waals surface area (Å²) in [6, 6.07) is -0.723. The highest BCUT2D eigenvalue weighted by molar-refractivity contribution is 5.77. The largest absolute Gasteiger partial charge is 0.462 e. The number of unbranched alkanes of at least 4 members (excludes halogenated alkanes) is 16. The Morgan fingerprint density at radius 1 is 0.536 bits per heavy atom. The van der Waals surface area contributed by atoms with Gasteiger partial charge in [0, 0.05) is 6.42 Å². The van der Waals surface area contributed by atoms with Gasteiger partial charge in [-0.15, -0.1) is 0 Å². The maximum absolute atomic E-state index is 13.1. The number of ether oxygens (including phenoxy) is 1. The van der Waals surface area contributed by atoms with Crippen molar-refractivity contribution in [1.82, 2.24) is 5.32 Å². The molecule has 6 heteroatoms. The molecule has 0 aromatic rings. The monoisotopic (exact) mass is 778 g/mol. The Kier molecular flexibility index (Phi) is 40.4. The van der Waals surface area contributed by atoms with Gasteiger partial charge in [0.15, 0.2) is 0 Å². The fraction of sp³-hybridized carbons (Fsp3) is 0.640. The first kappa shape index (κ1) is 52.8. The van der Waals surface area contributed by atoms with Crippen molar-refractivity contribution in [2.24, 2.45) is 0 Å². The minimum atomic E-state index is -0.806. The molecule has 318 valence electrons. The number of amides is 1. The first-order valence-electron chi connectivity index (χ1n) is 22.6. The van der Waals surface area contributed by atoms with Crippen LogP contribution in [0.15, 0.2) is 97.2 Å². The number of aliphatic hydroxyl groups excluding tert-OH is 2. The molecular weight excluding hydrogens is 695 g/mol. The van der Waals surface area contributed by atoms with E-state index in [1.165, 1.54) is 38.5 Å². The lowest BCUT2D eigenvalue weighted by Gasteiger charge is -2.24. The highest BCUT2D eigenvalue weighted by Crippen LogP contribution is 2.16. The molecule has 3 N–H and O–H groups in total. The van der Waals surface area contributed by atoms with Crippen LogP contribution in [0.3, 0.4) is 0 Å². The molecule has 1 amide bonds. The molecule has 0 aromatic carbocycles. The Labute approximate surface area is 344 Å². The summed E-state index contributed by atoms with van der Waals surface area (Å²) < 4.78 is 5.87. The zero-order valence-electron chi connectivity index (χ0n) is 36.0. The highest BCUT2D eigenvalue weighted by Gasteiger charge is 2.24. The summed E-state index contributed by atoms with van der Waals surface area (Å²) in [5.41, 5.74) is 0. The fourth-order valence-corrected chi connectivity index (χ4v) is 6.21. The summed E-state index contributed by atoms with van der Waals surface area (Å²) in [4.78, 5) is 26.0. The van der Waals surface area contributed by atoms with Gasteiger partial charge >= 0.3 is 5.97 Å². The fourth-order valence-electron chi connectivity index (χ4n) is 6.21. The van der Waals surface area contributed by atoms with Gasteiger partial charge in [0.2, 0.25) is 5.91 Å². The van der Waals surface area contributed by atoms with Gasteiger partial charge in [-0.05, 0) is 64.2 Å². The van der Waals surface area contributed by atoms with E-state index in [0.29, 0.717) is 19.3 Å². The lowest BCUT2D eigenvalue weighted by Crippen LogP contribution is -2.46. The molecule has 0 rings (SSSR count). The molecule has 0 spiro atoms. The Morgan fingerprint density at radius 3 is 1.48 bits per heavy atom. The zero-order chi connectivity index (χ0) is 41.0. The second kappa shape index (κ2) is 42.9. The van der Waals surface area contributed by atoms with Crippen LogP contribution in [-0.2, 0) is 14.3 Å². The number of allylic oxidation sites excluding steroid dienone is 16. The Balaban J connectivity index is 4.75. The van der Waals surface area contributed by atoms with E-state index in [9.17, 15) is 19.8 Å². The van der Waals surface area contributed by atoms with E-state index in [0.717, 1.165) is 96.3 Å². The van der Waals surface area contributed by atoms with Crippen molar-refractivity contribution < 1.29 is 24.5 Å². The topological polar surface area (TPSA) is 95.9 Å². The van der Waals surface area contributed by atoms with Crippen molar-refractivity contribution in [3.8, 4) is 0 Å². The quantitative estimate of drug-likeness (QED) is 0.0330. The van der Waals surface area contributed by atoms with Gasteiger partial charge in [0.05, 0.1) is 25.2 Å². The van der Waals surface area contributed by atoms with E-state index in [2.05, 4.69) is 74.7 Å². The van der Waals surface area contributed by atoms with E-state index in [4.69, 9.17) is 4.74 Å². The summed E-state index contributed by atoms with van der Waals surface area (Å²) in [5.74, 6) is -0.554. The number of aliphatic hydroxyl groups is 2. The van der Waals surface area contributed by atoms with Crippen molar-refractivity contribution in [2.45, 2.75) is 200 Å². The first-order chi connectivity index (χ1) is 27.5. The molecule has 56 heavy (non-hydrogen) atoms. The summed E-state index contributed by atoms with van der Waals surface area (Å²) in [7, 11) is 0. The predicted molar refractivity (Wildman–Crippen MR) is 240 cm³/mol.